The Hall–Kier alpha value is -2.61. The second kappa shape index (κ2) is 7.41. The van der Waals surface area contributed by atoms with Crippen molar-refractivity contribution in [2.75, 3.05) is 18.5 Å². The molecule has 9 heteroatoms. The number of anilines is 1. The fourth-order valence-corrected chi connectivity index (χ4v) is 2.05. The molecule has 0 spiro atoms. The summed E-state index contributed by atoms with van der Waals surface area (Å²) in [4.78, 5) is 17.6. The van der Waals surface area contributed by atoms with Crippen molar-refractivity contribution in [2.24, 2.45) is 10.9 Å². The molecule has 116 valence electrons. The first-order chi connectivity index (χ1) is 10.6. The molecule has 22 heavy (non-hydrogen) atoms. The Balaban J connectivity index is 2.08. The number of nitrogens with zero attached hydrogens (tertiary/aromatic N) is 5. The zero-order valence-corrected chi connectivity index (χ0v) is 12.7. The van der Waals surface area contributed by atoms with Crippen LogP contribution in [0.15, 0.2) is 35.8 Å². The van der Waals surface area contributed by atoms with Gasteiger partial charge in [-0.2, -0.15) is 10.2 Å². The Morgan fingerprint density at radius 3 is 3.14 bits per heavy atom. The van der Waals surface area contributed by atoms with Gasteiger partial charge in [-0.05, 0) is 12.1 Å². The van der Waals surface area contributed by atoms with Gasteiger partial charge in [0.05, 0.1) is 18.1 Å². The zero-order chi connectivity index (χ0) is 15.9. The molecule has 3 N–H and O–H groups in total. The summed E-state index contributed by atoms with van der Waals surface area (Å²) in [5, 5.41) is 10.5. The zero-order valence-electron chi connectivity index (χ0n) is 12.0. The second-order valence-electron chi connectivity index (χ2n) is 4.40. The fraction of sp³-hybridized carbons (Fsp3) is 0.231. The number of halogens is 1. The summed E-state index contributed by atoms with van der Waals surface area (Å²) < 4.78 is 1.58. The number of amides is 1. The number of nitrogens with one attached hydrogen (secondary N) is 1. The van der Waals surface area contributed by atoms with Crippen LogP contribution in [-0.2, 0) is 4.79 Å². The summed E-state index contributed by atoms with van der Waals surface area (Å²) in [6, 6.07) is 3.64. The monoisotopic (exact) mass is 321 g/mol. The number of rotatable bonds is 6. The van der Waals surface area contributed by atoms with Crippen LogP contribution < -0.4 is 16.1 Å². The third kappa shape index (κ3) is 3.73. The molecule has 0 bridgehead atoms. The molecular formula is C13H16ClN7O. The number of carbonyl (C=O) groups is 1. The molecule has 1 amide bonds. The molecule has 0 saturated carbocycles. The Bertz CT molecular complexity index is 656. The van der Waals surface area contributed by atoms with E-state index in [4.69, 9.17) is 17.4 Å². The summed E-state index contributed by atoms with van der Waals surface area (Å²) >= 11 is 6.12. The summed E-state index contributed by atoms with van der Waals surface area (Å²) in [6.07, 6.45) is 6.62. The Morgan fingerprint density at radius 2 is 2.45 bits per heavy atom. The molecule has 8 nitrogen and oxygen atoms in total. The number of carbonyl (C=O) groups excluding carboxylic acids is 1. The van der Waals surface area contributed by atoms with Gasteiger partial charge in [0.1, 0.15) is 12.0 Å². The smallest absolute Gasteiger partial charge is 0.228 e. The van der Waals surface area contributed by atoms with Gasteiger partial charge in [0, 0.05) is 26.2 Å². The lowest BCUT2D eigenvalue weighted by Crippen LogP contribution is -2.29. The van der Waals surface area contributed by atoms with E-state index >= 15 is 0 Å². The largest absolute Gasteiger partial charge is 0.374 e. The van der Waals surface area contributed by atoms with Crippen molar-refractivity contribution >= 4 is 29.5 Å². The molecule has 2 aromatic heterocycles. The highest BCUT2D eigenvalue weighted by atomic mass is 35.5. The van der Waals surface area contributed by atoms with E-state index in [9.17, 15) is 4.79 Å². The maximum atomic E-state index is 12.1. The van der Waals surface area contributed by atoms with Gasteiger partial charge in [0.15, 0.2) is 5.15 Å². The third-order valence-corrected chi connectivity index (χ3v) is 3.22. The van der Waals surface area contributed by atoms with Crippen molar-refractivity contribution in [3.05, 3.63) is 35.9 Å². The van der Waals surface area contributed by atoms with Gasteiger partial charge in [-0.25, -0.2) is 4.68 Å². The van der Waals surface area contributed by atoms with Gasteiger partial charge in [-0.3, -0.25) is 9.78 Å². The molecule has 0 unspecified atom stereocenters. The average molecular weight is 322 g/mol. The number of hydrogen-bond donors (Lipinski definition) is 2. The number of hydrogen-bond acceptors (Lipinski definition) is 5. The SMILES string of the molecule is CN(C(=O)CCN/C=N\N)c1cn(-c2cccnc2)nc1Cl. The van der Waals surface area contributed by atoms with Gasteiger partial charge in [-0.15, -0.1) is 0 Å². The summed E-state index contributed by atoms with van der Waals surface area (Å²) in [5.41, 5.74) is 1.29. The average Bonchev–Trinajstić information content (AvgIpc) is 2.93. The highest BCUT2D eigenvalue weighted by Crippen LogP contribution is 2.25. The number of nitrogens with two attached hydrogens (primary N) is 1. The maximum absolute atomic E-state index is 12.1. The van der Waals surface area contributed by atoms with E-state index in [0.29, 0.717) is 12.2 Å². The first-order valence-electron chi connectivity index (χ1n) is 6.50. The van der Waals surface area contributed by atoms with Crippen LogP contribution in [0, 0.1) is 0 Å². The van der Waals surface area contributed by atoms with Crippen LogP contribution in [0.2, 0.25) is 5.15 Å². The van der Waals surface area contributed by atoms with Crippen LogP contribution >= 0.6 is 11.6 Å². The lowest BCUT2D eigenvalue weighted by Gasteiger charge is -2.15. The van der Waals surface area contributed by atoms with Crippen LogP contribution in [0.3, 0.4) is 0 Å². The van der Waals surface area contributed by atoms with Crippen LogP contribution in [0.25, 0.3) is 5.69 Å². The summed E-state index contributed by atoms with van der Waals surface area (Å²) in [6.45, 7) is 0.429. The highest BCUT2D eigenvalue weighted by molar-refractivity contribution is 6.32. The topological polar surface area (TPSA) is 101 Å². The minimum Gasteiger partial charge on any atom is -0.374 e. The van der Waals surface area contributed by atoms with E-state index in [1.807, 2.05) is 6.07 Å². The van der Waals surface area contributed by atoms with Crippen LogP contribution in [-0.4, -0.2) is 40.6 Å². The normalized spacial score (nSPS) is 10.8. The van der Waals surface area contributed by atoms with E-state index in [1.54, 1.807) is 36.4 Å². The first-order valence-corrected chi connectivity index (χ1v) is 6.88. The van der Waals surface area contributed by atoms with E-state index in [0.717, 1.165) is 5.69 Å². The number of aromatic nitrogens is 3. The predicted molar refractivity (Wildman–Crippen MR) is 85.1 cm³/mol. The van der Waals surface area contributed by atoms with E-state index < -0.39 is 0 Å². The molecule has 0 radical (unpaired) electrons. The molecule has 0 aliphatic heterocycles. The van der Waals surface area contributed by atoms with Crippen molar-refractivity contribution in [2.45, 2.75) is 6.42 Å². The van der Waals surface area contributed by atoms with E-state index in [2.05, 4.69) is 20.5 Å². The first kappa shape index (κ1) is 15.8. The fourth-order valence-electron chi connectivity index (χ4n) is 1.79. The van der Waals surface area contributed by atoms with Gasteiger partial charge < -0.3 is 16.1 Å². The maximum Gasteiger partial charge on any atom is 0.228 e. The minimum atomic E-state index is -0.106. The minimum absolute atomic E-state index is 0.106. The lowest BCUT2D eigenvalue weighted by atomic mass is 10.3. The molecule has 0 atom stereocenters. The quantitative estimate of drug-likeness (QED) is 0.269. The molecule has 2 aromatic rings. The predicted octanol–water partition coefficient (Wildman–Crippen LogP) is 0.765. The van der Waals surface area contributed by atoms with Gasteiger partial charge in [0.2, 0.25) is 5.91 Å². The van der Waals surface area contributed by atoms with Crippen molar-refractivity contribution in [1.29, 1.82) is 0 Å². The highest BCUT2D eigenvalue weighted by Gasteiger charge is 2.17. The van der Waals surface area contributed by atoms with Crippen LogP contribution in [0.1, 0.15) is 6.42 Å². The molecule has 0 saturated heterocycles. The lowest BCUT2D eigenvalue weighted by molar-refractivity contribution is -0.118. The van der Waals surface area contributed by atoms with Gasteiger partial charge in [-0.1, -0.05) is 11.6 Å². The molecular weight excluding hydrogens is 306 g/mol. The van der Waals surface area contributed by atoms with Crippen LogP contribution in [0.5, 0.6) is 0 Å². The van der Waals surface area contributed by atoms with Gasteiger partial charge >= 0.3 is 0 Å². The van der Waals surface area contributed by atoms with Crippen molar-refractivity contribution < 1.29 is 4.79 Å². The Morgan fingerprint density at radius 1 is 1.64 bits per heavy atom. The summed E-state index contributed by atoms with van der Waals surface area (Å²) in [7, 11) is 1.65. The molecule has 0 fully saturated rings. The second-order valence-corrected chi connectivity index (χ2v) is 4.75. The van der Waals surface area contributed by atoms with Crippen molar-refractivity contribution in [3.8, 4) is 5.69 Å². The number of pyridine rings is 1. The summed E-state index contributed by atoms with van der Waals surface area (Å²) in [5.74, 6) is 4.85. The van der Waals surface area contributed by atoms with Crippen LogP contribution in [0.4, 0.5) is 5.69 Å². The van der Waals surface area contributed by atoms with E-state index in [-0.39, 0.29) is 17.5 Å². The molecule has 0 aliphatic rings. The van der Waals surface area contributed by atoms with Gasteiger partial charge in [0.25, 0.3) is 0 Å². The standard InChI is InChI=1S/C13H16ClN7O/c1-20(12(22)4-6-17-9-18-15)11-8-21(19-13(11)14)10-3-2-5-16-7-10/h2-3,5,7-9H,4,6,15H2,1H3,(H,17,18). The molecule has 2 heterocycles. The van der Waals surface area contributed by atoms with Crippen molar-refractivity contribution in [1.82, 2.24) is 20.1 Å². The number of hydrazone groups is 1. The van der Waals surface area contributed by atoms with Crippen molar-refractivity contribution in [3.63, 3.8) is 0 Å². The third-order valence-electron chi connectivity index (χ3n) is 2.95. The molecule has 0 aliphatic carbocycles. The molecule has 2 rings (SSSR count). The Labute approximate surface area is 132 Å². The molecule has 0 aromatic carbocycles. The Kier molecular flexibility index (Phi) is 5.31. The van der Waals surface area contributed by atoms with E-state index in [1.165, 1.54) is 11.2 Å².